The quantitative estimate of drug-likeness (QED) is 0.732. The zero-order valence-corrected chi connectivity index (χ0v) is 15.7. The smallest absolute Gasteiger partial charge is 0.230 e. The molecule has 1 aliphatic rings. The van der Waals surface area contributed by atoms with Gasteiger partial charge in [0.2, 0.25) is 5.91 Å². The number of nitrogens with zero attached hydrogens (tertiary/aromatic N) is 2. The molecule has 7 heteroatoms. The van der Waals surface area contributed by atoms with Gasteiger partial charge >= 0.3 is 0 Å². The summed E-state index contributed by atoms with van der Waals surface area (Å²) in [7, 11) is 1.68. The van der Waals surface area contributed by atoms with Crippen molar-refractivity contribution in [2.24, 2.45) is 5.41 Å². The van der Waals surface area contributed by atoms with Gasteiger partial charge in [0.05, 0.1) is 31.7 Å². The van der Waals surface area contributed by atoms with E-state index in [1.807, 2.05) is 26.8 Å². The van der Waals surface area contributed by atoms with Gasteiger partial charge in [0, 0.05) is 38.7 Å². The fourth-order valence-corrected chi connectivity index (χ4v) is 2.45. The minimum absolute atomic E-state index is 0.0441. The zero-order chi connectivity index (χ0) is 18.3. The fraction of sp³-hybridized carbons (Fsp3) is 0.667. The number of nitrogens with one attached hydrogen (secondary N) is 2. The van der Waals surface area contributed by atoms with Crippen molar-refractivity contribution in [3.05, 3.63) is 17.8 Å². The van der Waals surface area contributed by atoms with Crippen LogP contribution in [0.5, 0.6) is 0 Å². The number of methoxy groups -OCH3 is 1. The van der Waals surface area contributed by atoms with E-state index in [1.54, 1.807) is 13.3 Å². The highest BCUT2D eigenvalue weighted by Crippen LogP contribution is 2.22. The van der Waals surface area contributed by atoms with E-state index in [0.717, 1.165) is 44.1 Å². The Kier molecular flexibility index (Phi) is 7.16. The van der Waals surface area contributed by atoms with Gasteiger partial charge in [-0.2, -0.15) is 0 Å². The Bertz CT molecular complexity index is 566. The van der Waals surface area contributed by atoms with Crippen molar-refractivity contribution in [1.82, 2.24) is 9.88 Å². The summed E-state index contributed by atoms with van der Waals surface area (Å²) in [6.07, 6.45) is 1.78. The molecule has 0 bridgehead atoms. The van der Waals surface area contributed by atoms with E-state index < -0.39 is 5.41 Å². The molecule has 1 aromatic rings. The summed E-state index contributed by atoms with van der Waals surface area (Å²) in [5.41, 5.74) is 1.62. The third-order valence-electron chi connectivity index (χ3n) is 4.03. The van der Waals surface area contributed by atoms with Crippen molar-refractivity contribution < 1.29 is 14.3 Å². The molecule has 2 heterocycles. The molecule has 7 nitrogen and oxygen atoms in total. The van der Waals surface area contributed by atoms with Crippen LogP contribution < -0.4 is 10.6 Å². The normalized spacial score (nSPS) is 15.8. The number of morpholine rings is 1. The molecular formula is C18H30N4O3. The van der Waals surface area contributed by atoms with Crippen LogP contribution in [0, 0.1) is 5.41 Å². The average molecular weight is 350 g/mol. The number of carbonyl (C=O) groups excluding carboxylic acids is 1. The maximum Gasteiger partial charge on any atom is 0.230 e. The minimum Gasteiger partial charge on any atom is -0.383 e. The fourth-order valence-electron chi connectivity index (χ4n) is 2.45. The summed E-state index contributed by atoms with van der Waals surface area (Å²) >= 11 is 0. The van der Waals surface area contributed by atoms with Crippen molar-refractivity contribution in [2.75, 3.05) is 57.2 Å². The van der Waals surface area contributed by atoms with Gasteiger partial charge in [-0.25, -0.2) is 4.98 Å². The number of pyridine rings is 1. The molecule has 0 aliphatic carbocycles. The van der Waals surface area contributed by atoms with E-state index in [1.165, 1.54) is 0 Å². The molecule has 0 saturated carbocycles. The summed E-state index contributed by atoms with van der Waals surface area (Å²) in [5.74, 6) is 0.540. The number of rotatable bonds is 7. The van der Waals surface area contributed by atoms with Gasteiger partial charge in [-0.05, 0) is 11.6 Å². The molecule has 1 saturated heterocycles. The molecule has 1 amide bonds. The standard InChI is InChI=1S/C18H30N4O3/c1-18(2,3)17(23)21-16-11-14(13-22-6-9-25-10-7-22)15(12-20-16)19-5-8-24-4/h11-12,19H,5-10,13H2,1-4H3,(H,20,21,23). The largest absolute Gasteiger partial charge is 0.383 e. The van der Waals surface area contributed by atoms with Gasteiger partial charge in [-0.15, -0.1) is 0 Å². The van der Waals surface area contributed by atoms with Crippen molar-refractivity contribution in [3.8, 4) is 0 Å². The number of ether oxygens (including phenoxy) is 2. The van der Waals surface area contributed by atoms with Crippen LogP contribution in [0.3, 0.4) is 0 Å². The topological polar surface area (TPSA) is 75.7 Å². The van der Waals surface area contributed by atoms with Crippen LogP contribution in [0.25, 0.3) is 0 Å². The average Bonchev–Trinajstić information content (AvgIpc) is 2.57. The number of amides is 1. The van der Waals surface area contributed by atoms with Crippen LogP contribution in [0.4, 0.5) is 11.5 Å². The number of anilines is 2. The molecule has 2 N–H and O–H groups in total. The van der Waals surface area contributed by atoms with E-state index in [4.69, 9.17) is 9.47 Å². The van der Waals surface area contributed by atoms with Crippen molar-refractivity contribution in [1.29, 1.82) is 0 Å². The molecule has 0 spiro atoms. The summed E-state index contributed by atoms with van der Waals surface area (Å²) in [5, 5.41) is 6.26. The summed E-state index contributed by atoms with van der Waals surface area (Å²) in [6.45, 7) is 11.1. The van der Waals surface area contributed by atoms with E-state index in [0.29, 0.717) is 19.0 Å². The highest BCUT2D eigenvalue weighted by atomic mass is 16.5. The Morgan fingerprint density at radius 3 is 2.72 bits per heavy atom. The second kappa shape index (κ2) is 9.12. The van der Waals surface area contributed by atoms with Crippen molar-refractivity contribution in [2.45, 2.75) is 27.3 Å². The molecule has 25 heavy (non-hydrogen) atoms. The van der Waals surface area contributed by atoms with Crippen LogP contribution in [0.2, 0.25) is 0 Å². The molecule has 1 fully saturated rings. The first-order valence-corrected chi connectivity index (χ1v) is 8.73. The Balaban J connectivity index is 2.13. The lowest BCUT2D eigenvalue weighted by molar-refractivity contribution is -0.123. The first-order valence-electron chi connectivity index (χ1n) is 8.73. The van der Waals surface area contributed by atoms with Crippen LogP contribution in [-0.2, 0) is 20.8 Å². The van der Waals surface area contributed by atoms with Crippen LogP contribution in [-0.4, -0.2) is 62.4 Å². The highest BCUT2D eigenvalue weighted by Gasteiger charge is 2.22. The maximum absolute atomic E-state index is 12.2. The van der Waals surface area contributed by atoms with E-state index in [9.17, 15) is 4.79 Å². The second-order valence-corrected chi connectivity index (χ2v) is 7.24. The van der Waals surface area contributed by atoms with Gasteiger partial charge in [-0.1, -0.05) is 20.8 Å². The molecule has 0 aromatic carbocycles. The van der Waals surface area contributed by atoms with Gasteiger partial charge < -0.3 is 20.1 Å². The first kappa shape index (κ1) is 19.6. The lowest BCUT2D eigenvalue weighted by Gasteiger charge is -2.27. The lowest BCUT2D eigenvalue weighted by atomic mass is 9.96. The van der Waals surface area contributed by atoms with Crippen molar-refractivity contribution >= 4 is 17.4 Å². The van der Waals surface area contributed by atoms with E-state index in [-0.39, 0.29) is 5.91 Å². The molecule has 2 rings (SSSR count). The summed E-state index contributed by atoms with van der Waals surface area (Å²) in [4.78, 5) is 19.0. The minimum atomic E-state index is -0.457. The third kappa shape index (κ3) is 6.26. The number of carbonyl (C=O) groups is 1. The number of hydrogen-bond acceptors (Lipinski definition) is 6. The predicted molar refractivity (Wildman–Crippen MR) is 98.8 cm³/mol. The molecule has 140 valence electrons. The summed E-state index contributed by atoms with van der Waals surface area (Å²) < 4.78 is 10.5. The first-order chi connectivity index (χ1) is 11.9. The highest BCUT2D eigenvalue weighted by molar-refractivity contribution is 5.93. The molecule has 0 atom stereocenters. The van der Waals surface area contributed by atoms with Crippen LogP contribution in [0.1, 0.15) is 26.3 Å². The third-order valence-corrected chi connectivity index (χ3v) is 4.03. The lowest BCUT2D eigenvalue weighted by Crippen LogP contribution is -2.36. The number of hydrogen-bond donors (Lipinski definition) is 2. The van der Waals surface area contributed by atoms with Crippen LogP contribution >= 0.6 is 0 Å². The zero-order valence-electron chi connectivity index (χ0n) is 15.7. The Labute approximate surface area is 150 Å². The molecular weight excluding hydrogens is 320 g/mol. The predicted octanol–water partition coefficient (Wildman–Crippen LogP) is 1.96. The van der Waals surface area contributed by atoms with Gasteiger partial charge in [0.15, 0.2) is 0 Å². The van der Waals surface area contributed by atoms with Crippen LogP contribution in [0.15, 0.2) is 12.3 Å². The number of aromatic nitrogens is 1. The van der Waals surface area contributed by atoms with Gasteiger partial charge in [0.25, 0.3) is 0 Å². The molecule has 0 unspecified atom stereocenters. The van der Waals surface area contributed by atoms with E-state index >= 15 is 0 Å². The van der Waals surface area contributed by atoms with Crippen molar-refractivity contribution in [3.63, 3.8) is 0 Å². The molecule has 1 aromatic heterocycles. The Morgan fingerprint density at radius 1 is 1.36 bits per heavy atom. The van der Waals surface area contributed by atoms with Gasteiger partial charge in [0.1, 0.15) is 5.82 Å². The van der Waals surface area contributed by atoms with E-state index in [2.05, 4.69) is 20.5 Å². The molecule has 1 aliphatic heterocycles. The maximum atomic E-state index is 12.2. The van der Waals surface area contributed by atoms with Gasteiger partial charge in [-0.3, -0.25) is 9.69 Å². The SMILES string of the molecule is COCCNc1cnc(NC(=O)C(C)(C)C)cc1CN1CCOCC1. The second-order valence-electron chi connectivity index (χ2n) is 7.24. The summed E-state index contributed by atoms with van der Waals surface area (Å²) in [6, 6.07) is 1.95. The molecule has 0 radical (unpaired) electrons. The Hall–Kier alpha value is -1.70. The monoisotopic (exact) mass is 350 g/mol. The Morgan fingerprint density at radius 2 is 2.08 bits per heavy atom.